The van der Waals surface area contributed by atoms with Crippen LogP contribution in [0, 0.1) is 5.92 Å². The molecule has 0 fully saturated rings. The van der Waals surface area contributed by atoms with Gasteiger partial charge in [0.2, 0.25) is 10.0 Å². The van der Waals surface area contributed by atoms with E-state index in [-0.39, 0.29) is 21.8 Å². The van der Waals surface area contributed by atoms with E-state index in [1.807, 2.05) is 6.92 Å². The summed E-state index contributed by atoms with van der Waals surface area (Å²) in [4.78, 5) is 3.79. The molecule has 2 unspecified atom stereocenters. The molecule has 1 rings (SSSR count). The lowest BCUT2D eigenvalue weighted by atomic mass is 10.0. The van der Waals surface area contributed by atoms with Crippen LogP contribution in [0.3, 0.4) is 0 Å². The Hall–Kier alpha value is -0.850. The van der Waals surface area contributed by atoms with Crippen LogP contribution in [0.25, 0.3) is 0 Å². The molecule has 0 aliphatic rings. The monoisotopic (exact) mass is 305 g/mol. The Balaban J connectivity index is 2.83. The Bertz CT molecular complexity index is 534. The maximum atomic E-state index is 12.1. The van der Waals surface area contributed by atoms with Gasteiger partial charge in [0.05, 0.1) is 5.02 Å². The molecule has 3 N–H and O–H groups in total. The highest BCUT2D eigenvalue weighted by Gasteiger charge is 2.19. The summed E-state index contributed by atoms with van der Waals surface area (Å²) in [5, 5.41) is 0.137. The van der Waals surface area contributed by atoms with Gasteiger partial charge in [-0.15, -0.1) is 0 Å². The van der Waals surface area contributed by atoms with Gasteiger partial charge >= 0.3 is 0 Å². The molecule has 1 aromatic heterocycles. The number of halogens is 1. The number of aromatic nitrogens is 1. The van der Waals surface area contributed by atoms with Crippen molar-refractivity contribution in [1.82, 2.24) is 9.71 Å². The van der Waals surface area contributed by atoms with Gasteiger partial charge < -0.3 is 5.73 Å². The third kappa shape index (κ3) is 4.63. The molecule has 108 valence electrons. The van der Waals surface area contributed by atoms with Crippen LogP contribution in [-0.4, -0.2) is 19.4 Å². The van der Waals surface area contributed by atoms with Crippen LogP contribution in [0.2, 0.25) is 5.02 Å². The third-order valence-electron chi connectivity index (χ3n) is 2.96. The largest absolute Gasteiger partial charge is 0.382 e. The predicted molar refractivity (Wildman–Crippen MR) is 77.5 cm³/mol. The summed E-state index contributed by atoms with van der Waals surface area (Å²) in [6.45, 7) is 6.01. The maximum absolute atomic E-state index is 12.1. The number of rotatable bonds is 6. The maximum Gasteiger partial charge on any atom is 0.242 e. The van der Waals surface area contributed by atoms with Crippen LogP contribution in [0.15, 0.2) is 17.2 Å². The zero-order valence-corrected chi connectivity index (χ0v) is 12.9. The van der Waals surface area contributed by atoms with E-state index in [4.69, 9.17) is 17.3 Å². The van der Waals surface area contributed by atoms with Gasteiger partial charge in [0.15, 0.2) is 0 Å². The normalized spacial score (nSPS) is 15.2. The van der Waals surface area contributed by atoms with Gasteiger partial charge in [-0.05, 0) is 25.3 Å². The lowest BCUT2D eigenvalue weighted by Crippen LogP contribution is -2.33. The van der Waals surface area contributed by atoms with E-state index in [2.05, 4.69) is 23.6 Å². The molecule has 0 amide bonds. The van der Waals surface area contributed by atoms with Crippen LogP contribution in [0.5, 0.6) is 0 Å². The first kappa shape index (κ1) is 16.2. The van der Waals surface area contributed by atoms with Crippen LogP contribution in [-0.2, 0) is 10.0 Å². The number of pyridine rings is 1. The van der Waals surface area contributed by atoms with Crippen molar-refractivity contribution in [3.05, 3.63) is 17.3 Å². The van der Waals surface area contributed by atoms with Crippen molar-refractivity contribution in [2.45, 2.75) is 44.6 Å². The van der Waals surface area contributed by atoms with Gasteiger partial charge in [-0.25, -0.2) is 18.1 Å². The highest BCUT2D eigenvalue weighted by Crippen LogP contribution is 2.20. The standard InChI is InChI=1S/C12H20ClN3O2S/c1-4-8(2)5-9(3)16-19(17,18)10-6-11(13)12(14)15-7-10/h6-9,16H,4-5H2,1-3H3,(H2,14,15). The molecule has 0 bridgehead atoms. The minimum Gasteiger partial charge on any atom is -0.382 e. The first-order valence-electron chi connectivity index (χ1n) is 6.19. The smallest absolute Gasteiger partial charge is 0.242 e. The molecule has 7 heteroatoms. The molecule has 19 heavy (non-hydrogen) atoms. The number of sulfonamides is 1. The summed E-state index contributed by atoms with van der Waals surface area (Å²) in [5.74, 6) is 0.583. The van der Waals surface area contributed by atoms with Gasteiger partial charge in [0.1, 0.15) is 10.7 Å². The van der Waals surface area contributed by atoms with Crippen molar-refractivity contribution >= 4 is 27.4 Å². The fraction of sp³-hybridized carbons (Fsp3) is 0.583. The highest BCUT2D eigenvalue weighted by atomic mass is 35.5. The second-order valence-corrected chi connectivity index (χ2v) is 6.93. The number of hydrogen-bond acceptors (Lipinski definition) is 4. The van der Waals surface area contributed by atoms with E-state index in [1.165, 1.54) is 12.3 Å². The molecule has 1 aromatic rings. The fourth-order valence-electron chi connectivity index (χ4n) is 1.73. The van der Waals surface area contributed by atoms with E-state index in [0.717, 1.165) is 12.8 Å². The van der Waals surface area contributed by atoms with Crippen LogP contribution >= 0.6 is 11.6 Å². The molecule has 0 saturated heterocycles. The summed E-state index contributed by atoms with van der Waals surface area (Å²) in [6.07, 6.45) is 3.01. The molecule has 0 aromatic carbocycles. The number of nitrogens with one attached hydrogen (secondary N) is 1. The minimum absolute atomic E-state index is 0.0303. The lowest BCUT2D eigenvalue weighted by Gasteiger charge is -2.17. The molecule has 1 heterocycles. The van der Waals surface area contributed by atoms with E-state index in [1.54, 1.807) is 0 Å². The van der Waals surface area contributed by atoms with Gasteiger partial charge in [-0.3, -0.25) is 0 Å². The molecule has 5 nitrogen and oxygen atoms in total. The average molecular weight is 306 g/mol. The Kier molecular flexibility index (Phi) is 5.58. The van der Waals surface area contributed by atoms with E-state index >= 15 is 0 Å². The summed E-state index contributed by atoms with van der Waals surface area (Å²) in [5.41, 5.74) is 5.46. The van der Waals surface area contributed by atoms with Crippen molar-refractivity contribution in [3.63, 3.8) is 0 Å². The molecular weight excluding hydrogens is 286 g/mol. The molecule has 0 aliphatic carbocycles. The van der Waals surface area contributed by atoms with Crippen molar-refractivity contribution in [1.29, 1.82) is 0 Å². The second-order valence-electron chi connectivity index (χ2n) is 4.81. The first-order chi connectivity index (χ1) is 8.76. The van der Waals surface area contributed by atoms with Crippen molar-refractivity contribution in [2.75, 3.05) is 5.73 Å². The number of anilines is 1. The Morgan fingerprint density at radius 2 is 2.11 bits per heavy atom. The number of hydrogen-bond donors (Lipinski definition) is 2. The summed E-state index contributed by atoms with van der Waals surface area (Å²) in [7, 11) is -3.61. The Labute approximate surface area is 119 Å². The lowest BCUT2D eigenvalue weighted by molar-refractivity contribution is 0.445. The SMILES string of the molecule is CCC(C)CC(C)NS(=O)(=O)c1cnc(N)c(Cl)c1. The number of nitrogens with zero attached hydrogens (tertiary/aromatic N) is 1. The topological polar surface area (TPSA) is 85.1 Å². The Morgan fingerprint density at radius 1 is 1.47 bits per heavy atom. The average Bonchev–Trinajstić information content (AvgIpc) is 2.31. The molecule has 0 aliphatic heterocycles. The quantitative estimate of drug-likeness (QED) is 0.845. The van der Waals surface area contributed by atoms with Gasteiger partial charge in [-0.1, -0.05) is 31.9 Å². The zero-order valence-electron chi connectivity index (χ0n) is 11.4. The number of nitrogens with two attached hydrogens (primary N) is 1. The second kappa shape index (κ2) is 6.54. The third-order valence-corrected chi connectivity index (χ3v) is 4.82. The summed E-state index contributed by atoms with van der Waals surface area (Å²) in [6, 6.07) is 1.17. The van der Waals surface area contributed by atoms with Crippen LogP contribution in [0.1, 0.15) is 33.6 Å². The Morgan fingerprint density at radius 3 is 2.63 bits per heavy atom. The summed E-state index contributed by atoms with van der Waals surface area (Å²) < 4.78 is 26.9. The van der Waals surface area contributed by atoms with Gasteiger partial charge in [0.25, 0.3) is 0 Å². The molecule has 0 saturated carbocycles. The molecule has 0 radical (unpaired) electrons. The zero-order chi connectivity index (χ0) is 14.6. The molecule has 0 spiro atoms. The first-order valence-corrected chi connectivity index (χ1v) is 8.05. The van der Waals surface area contributed by atoms with Crippen LogP contribution in [0.4, 0.5) is 5.82 Å². The highest BCUT2D eigenvalue weighted by molar-refractivity contribution is 7.89. The van der Waals surface area contributed by atoms with Gasteiger partial charge in [-0.2, -0.15) is 0 Å². The number of nitrogen functional groups attached to an aromatic ring is 1. The van der Waals surface area contributed by atoms with E-state index in [0.29, 0.717) is 5.92 Å². The molecular formula is C12H20ClN3O2S. The van der Waals surface area contributed by atoms with Crippen LogP contribution < -0.4 is 10.5 Å². The van der Waals surface area contributed by atoms with Gasteiger partial charge in [0, 0.05) is 12.2 Å². The van der Waals surface area contributed by atoms with E-state index < -0.39 is 10.0 Å². The predicted octanol–water partition coefficient (Wildman–Crippen LogP) is 2.42. The minimum atomic E-state index is -3.61. The molecule has 2 atom stereocenters. The van der Waals surface area contributed by atoms with Crippen molar-refractivity contribution in [3.8, 4) is 0 Å². The summed E-state index contributed by atoms with van der Waals surface area (Å²) >= 11 is 5.78. The van der Waals surface area contributed by atoms with E-state index in [9.17, 15) is 8.42 Å². The van der Waals surface area contributed by atoms with Crippen molar-refractivity contribution < 1.29 is 8.42 Å². The fourth-order valence-corrected chi connectivity index (χ4v) is 3.19. The van der Waals surface area contributed by atoms with Crippen molar-refractivity contribution in [2.24, 2.45) is 5.92 Å².